The SMILES string of the molecule is C=CCn1c(=O)n(CC=C)c(=O)n(CC(=O)N(C)Cc2ccc(-c3ccc(Cl)cc3)o2)c1=O. The number of carbonyl (C=O) groups is 1. The van der Waals surface area contributed by atoms with Crippen LogP contribution in [-0.2, 0) is 31.0 Å². The second kappa shape index (κ2) is 10.2. The molecule has 0 N–H and O–H groups in total. The van der Waals surface area contributed by atoms with Crippen LogP contribution in [0.2, 0.25) is 5.02 Å². The van der Waals surface area contributed by atoms with Crippen LogP contribution in [0, 0.1) is 0 Å². The summed E-state index contributed by atoms with van der Waals surface area (Å²) in [7, 11) is 1.53. The number of carbonyl (C=O) groups excluding carboxylic acids is 1. The molecule has 1 amide bonds. The zero-order chi connectivity index (χ0) is 24.1. The summed E-state index contributed by atoms with van der Waals surface area (Å²) in [6.45, 7) is 6.43. The summed E-state index contributed by atoms with van der Waals surface area (Å²) in [4.78, 5) is 52.0. The number of likely N-dealkylation sites (N-methyl/N-ethyl adjacent to an activating group) is 1. The summed E-state index contributed by atoms with van der Waals surface area (Å²) in [6.07, 6.45) is 2.72. The Hall–Kier alpha value is -3.85. The van der Waals surface area contributed by atoms with Gasteiger partial charge in [0.05, 0.1) is 19.6 Å². The number of aromatic nitrogens is 3. The smallest absolute Gasteiger partial charge is 0.337 e. The normalized spacial score (nSPS) is 10.7. The fourth-order valence-corrected chi connectivity index (χ4v) is 3.32. The van der Waals surface area contributed by atoms with Crippen molar-refractivity contribution >= 4 is 17.5 Å². The Morgan fingerprint density at radius 2 is 1.48 bits per heavy atom. The molecule has 3 rings (SSSR count). The fourth-order valence-electron chi connectivity index (χ4n) is 3.20. The number of hydrogen-bond acceptors (Lipinski definition) is 5. The summed E-state index contributed by atoms with van der Waals surface area (Å²) in [5.41, 5.74) is -1.71. The fraction of sp³-hybridized carbons (Fsp3) is 0.217. The lowest BCUT2D eigenvalue weighted by Gasteiger charge is -2.17. The maximum atomic E-state index is 12.8. The molecule has 172 valence electrons. The summed E-state index contributed by atoms with van der Waals surface area (Å²) in [5.74, 6) is 0.624. The Labute approximate surface area is 194 Å². The standard InChI is InChI=1S/C23H23ClN4O5/c1-4-12-26-21(30)27(13-5-2)23(32)28(22(26)31)15-20(29)25(3)14-18-10-11-19(33-18)16-6-8-17(24)9-7-16/h4-11H,1-2,12-15H2,3H3. The number of nitrogens with zero attached hydrogens (tertiary/aromatic N) is 4. The largest absolute Gasteiger partial charge is 0.459 e. The van der Waals surface area contributed by atoms with Gasteiger partial charge in [-0.15, -0.1) is 13.2 Å². The highest BCUT2D eigenvalue weighted by atomic mass is 35.5. The van der Waals surface area contributed by atoms with Crippen molar-refractivity contribution < 1.29 is 9.21 Å². The van der Waals surface area contributed by atoms with Crippen LogP contribution in [0.25, 0.3) is 11.3 Å². The molecule has 0 unspecified atom stereocenters. The van der Waals surface area contributed by atoms with E-state index in [-0.39, 0.29) is 19.6 Å². The molecule has 33 heavy (non-hydrogen) atoms. The Balaban J connectivity index is 1.82. The third-order valence-corrected chi connectivity index (χ3v) is 5.16. The average molecular weight is 471 g/mol. The van der Waals surface area contributed by atoms with E-state index in [1.807, 2.05) is 12.1 Å². The molecule has 3 aromatic rings. The summed E-state index contributed by atoms with van der Waals surface area (Å²) in [5, 5.41) is 0.609. The van der Waals surface area contributed by atoms with E-state index in [4.69, 9.17) is 16.0 Å². The molecule has 0 spiro atoms. The van der Waals surface area contributed by atoms with E-state index < -0.39 is 29.5 Å². The molecule has 0 bridgehead atoms. The first-order chi connectivity index (χ1) is 15.8. The topological polar surface area (TPSA) is 99.4 Å². The molecule has 0 saturated carbocycles. The number of hydrogen-bond donors (Lipinski definition) is 0. The van der Waals surface area contributed by atoms with Gasteiger partial charge in [-0.2, -0.15) is 0 Å². The van der Waals surface area contributed by atoms with Crippen LogP contribution >= 0.6 is 11.6 Å². The van der Waals surface area contributed by atoms with Crippen LogP contribution in [-0.4, -0.2) is 31.6 Å². The molecular weight excluding hydrogens is 448 g/mol. The van der Waals surface area contributed by atoms with Gasteiger partial charge in [-0.3, -0.25) is 4.79 Å². The Kier molecular flexibility index (Phi) is 7.34. The van der Waals surface area contributed by atoms with Gasteiger partial charge >= 0.3 is 17.1 Å². The molecule has 0 aliphatic heterocycles. The van der Waals surface area contributed by atoms with Gasteiger partial charge in [-0.25, -0.2) is 28.1 Å². The molecule has 0 aliphatic rings. The molecule has 0 fully saturated rings. The van der Waals surface area contributed by atoms with E-state index >= 15 is 0 Å². The Morgan fingerprint density at radius 1 is 0.939 bits per heavy atom. The number of rotatable bonds is 9. The van der Waals surface area contributed by atoms with Crippen LogP contribution in [0.5, 0.6) is 0 Å². The van der Waals surface area contributed by atoms with Crippen LogP contribution in [0.1, 0.15) is 5.76 Å². The zero-order valence-electron chi connectivity index (χ0n) is 18.1. The van der Waals surface area contributed by atoms with Gasteiger partial charge in [0.1, 0.15) is 18.1 Å². The van der Waals surface area contributed by atoms with Gasteiger partial charge in [0.2, 0.25) is 5.91 Å². The highest BCUT2D eigenvalue weighted by molar-refractivity contribution is 6.30. The molecule has 9 nitrogen and oxygen atoms in total. The van der Waals surface area contributed by atoms with Gasteiger partial charge in [-0.05, 0) is 36.4 Å². The highest BCUT2D eigenvalue weighted by Crippen LogP contribution is 2.24. The van der Waals surface area contributed by atoms with Gasteiger partial charge in [0.25, 0.3) is 0 Å². The number of benzene rings is 1. The lowest BCUT2D eigenvalue weighted by Crippen LogP contribution is -2.55. The lowest BCUT2D eigenvalue weighted by molar-refractivity contribution is -0.131. The number of amides is 1. The first-order valence-corrected chi connectivity index (χ1v) is 10.4. The molecular formula is C23H23ClN4O5. The third-order valence-electron chi connectivity index (χ3n) is 4.91. The van der Waals surface area contributed by atoms with E-state index in [2.05, 4.69) is 13.2 Å². The molecule has 2 heterocycles. The van der Waals surface area contributed by atoms with Gasteiger partial charge in [-0.1, -0.05) is 23.8 Å². The maximum Gasteiger partial charge on any atom is 0.337 e. The Morgan fingerprint density at radius 3 is 2.03 bits per heavy atom. The van der Waals surface area contributed by atoms with Crippen LogP contribution in [0.4, 0.5) is 0 Å². The number of allylic oxidation sites excluding steroid dienone is 2. The first kappa shape index (κ1) is 23.8. The van der Waals surface area contributed by atoms with Crippen molar-refractivity contribution in [3.05, 3.63) is 104 Å². The van der Waals surface area contributed by atoms with Crippen LogP contribution in [0.15, 0.2) is 80.5 Å². The van der Waals surface area contributed by atoms with E-state index in [0.29, 0.717) is 16.5 Å². The van der Waals surface area contributed by atoms with Gasteiger partial charge in [0, 0.05) is 17.6 Å². The molecule has 10 heteroatoms. The summed E-state index contributed by atoms with van der Waals surface area (Å²) < 4.78 is 8.22. The van der Waals surface area contributed by atoms with Crippen molar-refractivity contribution in [2.75, 3.05) is 7.05 Å². The van der Waals surface area contributed by atoms with Gasteiger partial charge in [0.15, 0.2) is 0 Å². The van der Waals surface area contributed by atoms with Crippen LogP contribution < -0.4 is 17.1 Å². The quantitative estimate of drug-likeness (QED) is 0.446. The first-order valence-electron chi connectivity index (χ1n) is 10.0. The number of halogens is 1. The maximum absolute atomic E-state index is 12.8. The van der Waals surface area contributed by atoms with Crippen molar-refractivity contribution in [2.45, 2.75) is 26.2 Å². The predicted octanol–water partition coefficient (Wildman–Crippen LogP) is 2.12. The van der Waals surface area contributed by atoms with E-state index in [1.165, 1.54) is 24.1 Å². The predicted molar refractivity (Wildman–Crippen MR) is 125 cm³/mol. The van der Waals surface area contributed by atoms with E-state index in [1.54, 1.807) is 24.3 Å². The number of furan rings is 1. The average Bonchev–Trinajstić information content (AvgIpc) is 3.26. The van der Waals surface area contributed by atoms with E-state index in [0.717, 1.165) is 19.3 Å². The highest BCUT2D eigenvalue weighted by Gasteiger charge is 2.19. The molecule has 0 atom stereocenters. The van der Waals surface area contributed by atoms with Crippen molar-refractivity contribution in [3.63, 3.8) is 0 Å². The second-order valence-corrected chi connectivity index (χ2v) is 7.69. The van der Waals surface area contributed by atoms with E-state index in [9.17, 15) is 19.2 Å². The monoisotopic (exact) mass is 470 g/mol. The zero-order valence-corrected chi connectivity index (χ0v) is 18.8. The Bertz CT molecular complexity index is 1310. The summed E-state index contributed by atoms with van der Waals surface area (Å²) >= 11 is 5.91. The summed E-state index contributed by atoms with van der Waals surface area (Å²) in [6, 6.07) is 10.6. The van der Waals surface area contributed by atoms with Crippen molar-refractivity contribution in [3.8, 4) is 11.3 Å². The molecule has 1 aromatic carbocycles. The van der Waals surface area contributed by atoms with Crippen molar-refractivity contribution in [2.24, 2.45) is 0 Å². The second-order valence-electron chi connectivity index (χ2n) is 7.26. The molecule has 2 aromatic heterocycles. The molecule has 0 radical (unpaired) electrons. The lowest BCUT2D eigenvalue weighted by atomic mass is 10.2. The van der Waals surface area contributed by atoms with Gasteiger partial charge < -0.3 is 9.32 Å². The van der Waals surface area contributed by atoms with Crippen molar-refractivity contribution in [1.82, 2.24) is 18.6 Å². The minimum atomic E-state index is -0.880. The minimum Gasteiger partial charge on any atom is -0.459 e. The minimum absolute atomic E-state index is 0.0982. The molecule has 0 saturated heterocycles. The third kappa shape index (κ3) is 5.15. The molecule has 0 aliphatic carbocycles. The van der Waals surface area contributed by atoms with Crippen molar-refractivity contribution in [1.29, 1.82) is 0 Å². The van der Waals surface area contributed by atoms with Crippen LogP contribution in [0.3, 0.4) is 0 Å².